The Hall–Kier alpha value is -3.17. The highest BCUT2D eigenvalue weighted by molar-refractivity contribution is 6.05. The molecule has 2 aliphatic carbocycles. The van der Waals surface area contributed by atoms with E-state index in [2.05, 4.69) is 34.2 Å². The number of carbonyl (C=O) groups excluding carboxylic acids is 2. The van der Waals surface area contributed by atoms with Gasteiger partial charge >= 0.3 is 0 Å². The van der Waals surface area contributed by atoms with Crippen LogP contribution in [0.15, 0.2) is 42.5 Å². The molecule has 2 fully saturated rings. The number of nitriles is 1. The maximum Gasteiger partial charge on any atom is 0.255 e. The summed E-state index contributed by atoms with van der Waals surface area (Å²) in [5.74, 6) is 0.407. The molecule has 0 aromatic heterocycles. The minimum absolute atomic E-state index is 0.193. The maximum absolute atomic E-state index is 13.0. The van der Waals surface area contributed by atoms with Crippen LogP contribution in [0, 0.1) is 17.2 Å². The third-order valence-corrected chi connectivity index (χ3v) is 7.83. The fraction of sp³-hybridized carbons (Fsp3) is 0.464. The van der Waals surface area contributed by atoms with Crippen molar-refractivity contribution in [2.24, 2.45) is 5.92 Å². The first-order valence-corrected chi connectivity index (χ1v) is 12.5. The molecule has 0 radical (unpaired) electrons. The number of piperazine rings is 1. The number of hydrogen-bond donors (Lipinski definition) is 1. The summed E-state index contributed by atoms with van der Waals surface area (Å²) in [5, 5.41) is 12.2. The Kier molecular flexibility index (Phi) is 6.38. The van der Waals surface area contributed by atoms with Crippen LogP contribution in [0.1, 0.15) is 72.1 Å². The zero-order chi connectivity index (χ0) is 23.7. The van der Waals surface area contributed by atoms with Gasteiger partial charge in [-0.05, 0) is 68.0 Å². The van der Waals surface area contributed by atoms with Crippen LogP contribution in [-0.2, 0) is 11.2 Å². The number of nitrogens with zero attached hydrogens (tertiary/aromatic N) is 3. The van der Waals surface area contributed by atoms with E-state index >= 15 is 0 Å². The van der Waals surface area contributed by atoms with Crippen molar-refractivity contribution in [1.82, 2.24) is 9.80 Å². The van der Waals surface area contributed by atoms with Crippen molar-refractivity contribution in [3.63, 3.8) is 0 Å². The van der Waals surface area contributed by atoms with Crippen molar-refractivity contribution in [3.05, 3.63) is 64.7 Å². The van der Waals surface area contributed by atoms with Crippen LogP contribution in [0.4, 0.5) is 5.69 Å². The molecule has 0 bridgehead atoms. The predicted molar refractivity (Wildman–Crippen MR) is 131 cm³/mol. The summed E-state index contributed by atoms with van der Waals surface area (Å²) in [4.78, 5) is 30.5. The molecular formula is C28H32N4O2. The topological polar surface area (TPSA) is 76.4 Å². The average Bonchev–Trinajstić information content (AvgIpc) is 3.54. The summed E-state index contributed by atoms with van der Waals surface area (Å²) in [6.45, 7) is 4.76. The lowest BCUT2D eigenvalue weighted by Gasteiger charge is -2.43. The summed E-state index contributed by atoms with van der Waals surface area (Å²) in [6, 6.07) is 15.6. The lowest BCUT2D eigenvalue weighted by Crippen LogP contribution is -2.55. The second-order valence-electron chi connectivity index (χ2n) is 9.93. The first kappa shape index (κ1) is 22.6. The number of nitrogens with one attached hydrogen (secondary N) is 1. The molecule has 0 spiro atoms. The number of anilines is 1. The zero-order valence-electron chi connectivity index (χ0n) is 19.8. The standard InChI is InChI=1S/C28H32N4O2/c1-19-18-31(14-15-32(19)28(34)21-7-2-3-8-21)26-13-12-23-24(26)10-5-11-25(23)30-27(33)22-9-4-6-20(16-22)17-29/h4-6,9-11,16,19,21,26H,2-3,7-8,12-15,18H2,1H3,(H,30,33)/t19-,26?/m1/s1. The molecule has 5 rings (SSSR count). The SMILES string of the molecule is C[C@@H]1CN(C2CCc3c(NC(=O)c4cccc(C#N)c4)cccc32)CCN1C(=O)C1CCCC1. The van der Waals surface area contributed by atoms with E-state index in [0.717, 1.165) is 51.0 Å². The Morgan fingerprint density at radius 3 is 2.62 bits per heavy atom. The minimum Gasteiger partial charge on any atom is -0.337 e. The third-order valence-electron chi connectivity index (χ3n) is 7.83. The van der Waals surface area contributed by atoms with Crippen molar-refractivity contribution in [2.45, 2.75) is 57.5 Å². The fourth-order valence-electron chi connectivity index (χ4n) is 6.06. The normalized spacial score (nSPS) is 22.9. The smallest absolute Gasteiger partial charge is 0.255 e. The second kappa shape index (κ2) is 9.60. The van der Waals surface area contributed by atoms with Gasteiger partial charge in [-0.1, -0.05) is 31.0 Å². The van der Waals surface area contributed by atoms with Gasteiger partial charge in [0.25, 0.3) is 5.91 Å². The van der Waals surface area contributed by atoms with Gasteiger partial charge in [0.1, 0.15) is 0 Å². The molecule has 1 aliphatic heterocycles. The van der Waals surface area contributed by atoms with E-state index in [1.165, 1.54) is 24.0 Å². The van der Waals surface area contributed by atoms with Crippen LogP contribution in [0.25, 0.3) is 0 Å². The minimum atomic E-state index is -0.193. The van der Waals surface area contributed by atoms with Gasteiger partial charge in [-0.15, -0.1) is 0 Å². The van der Waals surface area contributed by atoms with E-state index in [4.69, 9.17) is 5.26 Å². The van der Waals surface area contributed by atoms with Crippen LogP contribution < -0.4 is 5.32 Å². The van der Waals surface area contributed by atoms with Crippen LogP contribution in [0.2, 0.25) is 0 Å². The number of rotatable bonds is 4. The average molecular weight is 457 g/mol. The lowest BCUT2D eigenvalue weighted by atomic mass is 10.0. The molecule has 6 heteroatoms. The van der Waals surface area contributed by atoms with Gasteiger partial charge in [0.2, 0.25) is 5.91 Å². The summed E-state index contributed by atoms with van der Waals surface area (Å²) in [5.41, 5.74) is 4.31. The molecule has 1 heterocycles. The van der Waals surface area contributed by atoms with Crippen molar-refractivity contribution in [1.29, 1.82) is 5.26 Å². The van der Waals surface area contributed by atoms with Gasteiger partial charge in [-0.3, -0.25) is 14.5 Å². The molecule has 34 heavy (non-hydrogen) atoms. The summed E-state index contributed by atoms with van der Waals surface area (Å²) >= 11 is 0. The van der Waals surface area contributed by atoms with Crippen molar-refractivity contribution >= 4 is 17.5 Å². The monoisotopic (exact) mass is 456 g/mol. The molecule has 3 aliphatic rings. The van der Waals surface area contributed by atoms with E-state index in [0.29, 0.717) is 23.1 Å². The molecule has 1 unspecified atom stereocenters. The third kappa shape index (κ3) is 4.33. The molecule has 2 atom stereocenters. The van der Waals surface area contributed by atoms with Gasteiger partial charge in [0.15, 0.2) is 0 Å². The molecule has 2 amide bonds. The first-order chi connectivity index (χ1) is 16.5. The number of hydrogen-bond acceptors (Lipinski definition) is 4. The Morgan fingerprint density at radius 1 is 1.06 bits per heavy atom. The molecule has 1 saturated carbocycles. The van der Waals surface area contributed by atoms with Crippen molar-refractivity contribution < 1.29 is 9.59 Å². The number of fused-ring (bicyclic) bond motifs is 1. The molecule has 1 N–H and O–H groups in total. The largest absolute Gasteiger partial charge is 0.337 e. The van der Waals surface area contributed by atoms with E-state index in [9.17, 15) is 9.59 Å². The summed E-state index contributed by atoms with van der Waals surface area (Å²) < 4.78 is 0. The van der Waals surface area contributed by atoms with Crippen LogP contribution in [-0.4, -0.2) is 47.3 Å². The molecule has 6 nitrogen and oxygen atoms in total. The van der Waals surface area contributed by atoms with E-state index < -0.39 is 0 Å². The van der Waals surface area contributed by atoms with Crippen LogP contribution in [0.5, 0.6) is 0 Å². The highest BCUT2D eigenvalue weighted by Crippen LogP contribution is 2.40. The summed E-state index contributed by atoms with van der Waals surface area (Å²) in [7, 11) is 0. The Morgan fingerprint density at radius 2 is 1.85 bits per heavy atom. The van der Waals surface area contributed by atoms with Crippen LogP contribution >= 0.6 is 0 Å². The molecule has 2 aromatic rings. The Balaban J connectivity index is 1.28. The van der Waals surface area contributed by atoms with E-state index in [-0.39, 0.29) is 17.9 Å². The van der Waals surface area contributed by atoms with Gasteiger partial charge in [0, 0.05) is 48.9 Å². The second-order valence-corrected chi connectivity index (χ2v) is 9.93. The van der Waals surface area contributed by atoms with Crippen molar-refractivity contribution in [2.75, 3.05) is 25.0 Å². The van der Waals surface area contributed by atoms with Gasteiger partial charge in [0.05, 0.1) is 11.6 Å². The molecule has 2 aromatic carbocycles. The molecule has 176 valence electrons. The summed E-state index contributed by atoms with van der Waals surface area (Å²) in [6.07, 6.45) is 6.42. The Bertz CT molecular complexity index is 1130. The first-order valence-electron chi connectivity index (χ1n) is 12.5. The highest BCUT2D eigenvalue weighted by Gasteiger charge is 2.37. The van der Waals surface area contributed by atoms with Crippen LogP contribution in [0.3, 0.4) is 0 Å². The van der Waals surface area contributed by atoms with Gasteiger partial charge in [-0.2, -0.15) is 5.26 Å². The highest BCUT2D eigenvalue weighted by atomic mass is 16.2. The quantitative estimate of drug-likeness (QED) is 0.734. The van der Waals surface area contributed by atoms with Crippen molar-refractivity contribution in [3.8, 4) is 6.07 Å². The predicted octanol–water partition coefficient (Wildman–Crippen LogP) is 4.52. The molecular weight excluding hydrogens is 424 g/mol. The van der Waals surface area contributed by atoms with E-state index in [1.54, 1.807) is 24.3 Å². The van der Waals surface area contributed by atoms with Gasteiger partial charge < -0.3 is 10.2 Å². The molecule has 1 saturated heterocycles. The number of amides is 2. The lowest BCUT2D eigenvalue weighted by molar-refractivity contribution is -0.140. The number of carbonyl (C=O) groups is 2. The fourth-order valence-corrected chi connectivity index (χ4v) is 6.06. The maximum atomic E-state index is 13.0. The zero-order valence-corrected chi connectivity index (χ0v) is 19.8. The number of benzene rings is 2. The van der Waals surface area contributed by atoms with Gasteiger partial charge in [-0.25, -0.2) is 0 Å². The van der Waals surface area contributed by atoms with E-state index in [1.807, 2.05) is 12.1 Å². The Labute approximate surface area is 201 Å².